The fourth-order valence-electron chi connectivity index (χ4n) is 4.89. The van der Waals surface area contributed by atoms with Crippen LogP contribution in [-0.2, 0) is 9.53 Å². The molecule has 0 aromatic heterocycles. The fourth-order valence-corrected chi connectivity index (χ4v) is 4.89. The van der Waals surface area contributed by atoms with Gasteiger partial charge in [-0.25, -0.2) is 4.39 Å². The summed E-state index contributed by atoms with van der Waals surface area (Å²) in [5.41, 5.74) is 0.773. The van der Waals surface area contributed by atoms with Crippen LogP contribution < -0.4 is 0 Å². The first-order chi connectivity index (χ1) is 14.1. The third kappa shape index (κ3) is 3.02. The second-order valence-electron chi connectivity index (χ2n) is 8.08. The number of nitrogens with zero attached hydrogens (tertiary/aromatic N) is 2. The van der Waals surface area contributed by atoms with Crippen molar-refractivity contribution in [3.8, 4) is 0 Å². The van der Waals surface area contributed by atoms with E-state index in [2.05, 4.69) is 0 Å². The zero-order chi connectivity index (χ0) is 20.0. The number of likely N-dealkylation sites (tertiary alicyclic amines) is 1. The summed E-state index contributed by atoms with van der Waals surface area (Å²) in [7, 11) is 0. The summed E-state index contributed by atoms with van der Waals surface area (Å²) in [5, 5.41) is 0. The Kier molecular flexibility index (Phi) is 4.39. The van der Waals surface area contributed by atoms with E-state index in [-0.39, 0.29) is 29.9 Å². The van der Waals surface area contributed by atoms with Crippen molar-refractivity contribution >= 4 is 11.8 Å². The van der Waals surface area contributed by atoms with Crippen molar-refractivity contribution in [3.05, 3.63) is 71.5 Å². The van der Waals surface area contributed by atoms with E-state index in [0.29, 0.717) is 31.5 Å². The van der Waals surface area contributed by atoms with Crippen LogP contribution in [0.4, 0.5) is 4.39 Å². The molecule has 3 aliphatic rings. The number of ether oxygens (including phenoxy) is 1. The van der Waals surface area contributed by atoms with Gasteiger partial charge in [0.1, 0.15) is 12.0 Å². The van der Waals surface area contributed by atoms with Crippen LogP contribution in [-0.4, -0.2) is 46.5 Å². The van der Waals surface area contributed by atoms with Gasteiger partial charge >= 0.3 is 0 Å². The molecular formula is C23H23FN2O3. The van der Waals surface area contributed by atoms with Crippen LogP contribution in [0.5, 0.6) is 0 Å². The van der Waals surface area contributed by atoms with Crippen LogP contribution in [0.2, 0.25) is 0 Å². The number of benzene rings is 2. The third-order valence-corrected chi connectivity index (χ3v) is 6.45. The van der Waals surface area contributed by atoms with Gasteiger partial charge in [0, 0.05) is 31.5 Å². The Morgan fingerprint density at radius 2 is 1.69 bits per heavy atom. The summed E-state index contributed by atoms with van der Waals surface area (Å²) in [6, 6.07) is 15.5. The van der Waals surface area contributed by atoms with Crippen molar-refractivity contribution in [1.82, 2.24) is 9.80 Å². The van der Waals surface area contributed by atoms with Crippen molar-refractivity contribution in [3.63, 3.8) is 0 Å². The first-order valence-corrected chi connectivity index (χ1v) is 10.2. The average molecular weight is 394 g/mol. The fraction of sp³-hybridized carbons (Fsp3) is 0.391. The maximum atomic E-state index is 13.4. The second-order valence-corrected chi connectivity index (χ2v) is 8.08. The lowest BCUT2D eigenvalue weighted by Crippen LogP contribution is -2.51. The van der Waals surface area contributed by atoms with Gasteiger partial charge in [0.2, 0.25) is 0 Å². The maximum absolute atomic E-state index is 13.4. The Balaban J connectivity index is 1.30. The van der Waals surface area contributed by atoms with Crippen molar-refractivity contribution in [2.45, 2.75) is 43.6 Å². The number of carbonyl (C=O) groups is 2. The highest BCUT2D eigenvalue weighted by molar-refractivity contribution is 5.95. The number of hydrogen-bond donors (Lipinski definition) is 0. The predicted molar refractivity (Wildman–Crippen MR) is 104 cm³/mol. The number of amides is 2. The molecule has 29 heavy (non-hydrogen) atoms. The van der Waals surface area contributed by atoms with E-state index in [9.17, 15) is 14.0 Å². The number of rotatable bonds is 2. The van der Waals surface area contributed by atoms with Crippen molar-refractivity contribution in [2.24, 2.45) is 0 Å². The number of hydrogen-bond acceptors (Lipinski definition) is 3. The van der Waals surface area contributed by atoms with Crippen molar-refractivity contribution < 1.29 is 18.7 Å². The molecule has 3 heterocycles. The number of piperidine rings is 1. The molecule has 2 atom stereocenters. The summed E-state index contributed by atoms with van der Waals surface area (Å²) in [6.07, 6.45) is 2.38. The molecule has 150 valence electrons. The number of fused-ring (bicyclic) bond motifs is 1. The molecule has 2 aromatic carbocycles. The molecule has 1 spiro atoms. The molecule has 2 aromatic rings. The standard InChI is InChI=1S/C23H23FN2O3/c24-18-8-6-16(7-9-18)19-10-11-20-26(19)22(28)23(29-20)12-14-25(15-13-23)21(27)17-4-2-1-3-5-17/h1-9,19-20H,10-15H2. The predicted octanol–water partition coefficient (Wildman–Crippen LogP) is 3.52. The number of halogens is 1. The van der Waals surface area contributed by atoms with Crippen LogP contribution in [0.3, 0.4) is 0 Å². The van der Waals surface area contributed by atoms with Gasteiger partial charge in [0.15, 0.2) is 5.60 Å². The molecule has 0 aliphatic carbocycles. The Bertz CT molecular complexity index is 923. The van der Waals surface area contributed by atoms with Gasteiger partial charge in [0.05, 0.1) is 6.04 Å². The van der Waals surface area contributed by atoms with E-state index in [4.69, 9.17) is 4.74 Å². The van der Waals surface area contributed by atoms with E-state index in [1.54, 1.807) is 17.0 Å². The normalized spacial score (nSPS) is 25.5. The van der Waals surface area contributed by atoms with Gasteiger partial charge in [-0.3, -0.25) is 9.59 Å². The highest BCUT2D eigenvalue weighted by atomic mass is 19.1. The van der Waals surface area contributed by atoms with Gasteiger partial charge in [-0.1, -0.05) is 30.3 Å². The van der Waals surface area contributed by atoms with E-state index in [1.165, 1.54) is 12.1 Å². The van der Waals surface area contributed by atoms with Crippen LogP contribution in [0.15, 0.2) is 54.6 Å². The summed E-state index contributed by atoms with van der Waals surface area (Å²) < 4.78 is 19.6. The van der Waals surface area contributed by atoms with E-state index in [1.807, 2.05) is 35.2 Å². The highest BCUT2D eigenvalue weighted by Gasteiger charge is 2.58. The van der Waals surface area contributed by atoms with E-state index < -0.39 is 5.60 Å². The van der Waals surface area contributed by atoms with Crippen molar-refractivity contribution in [1.29, 1.82) is 0 Å². The topological polar surface area (TPSA) is 49.9 Å². The lowest BCUT2D eigenvalue weighted by Gasteiger charge is -2.37. The van der Waals surface area contributed by atoms with E-state index >= 15 is 0 Å². The largest absolute Gasteiger partial charge is 0.342 e. The summed E-state index contributed by atoms with van der Waals surface area (Å²) >= 11 is 0. The Labute approximate surface area is 169 Å². The van der Waals surface area contributed by atoms with Crippen molar-refractivity contribution in [2.75, 3.05) is 13.1 Å². The van der Waals surface area contributed by atoms with Crippen LogP contribution in [0.1, 0.15) is 47.6 Å². The van der Waals surface area contributed by atoms with Crippen LogP contribution in [0, 0.1) is 5.82 Å². The summed E-state index contributed by atoms with van der Waals surface area (Å²) in [4.78, 5) is 29.7. The lowest BCUT2D eigenvalue weighted by atomic mass is 9.89. The Morgan fingerprint density at radius 3 is 2.38 bits per heavy atom. The molecule has 0 radical (unpaired) electrons. The minimum absolute atomic E-state index is 0.00409. The zero-order valence-corrected chi connectivity index (χ0v) is 16.1. The Hall–Kier alpha value is -2.73. The first-order valence-electron chi connectivity index (χ1n) is 10.2. The lowest BCUT2D eigenvalue weighted by molar-refractivity contribution is -0.142. The molecule has 0 bridgehead atoms. The molecule has 3 fully saturated rings. The Morgan fingerprint density at radius 1 is 1.00 bits per heavy atom. The molecule has 3 saturated heterocycles. The molecular weight excluding hydrogens is 371 g/mol. The minimum Gasteiger partial charge on any atom is -0.342 e. The smallest absolute Gasteiger partial charge is 0.257 e. The minimum atomic E-state index is -0.836. The molecule has 0 saturated carbocycles. The van der Waals surface area contributed by atoms with E-state index in [0.717, 1.165) is 18.4 Å². The van der Waals surface area contributed by atoms with Gasteiger partial charge in [-0.2, -0.15) is 0 Å². The highest BCUT2D eigenvalue weighted by Crippen LogP contribution is 2.47. The summed E-state index contributed by atoms with van der Waals surface area (Å²) in [6.45, 7) is 1.00. The van der Waals surface area contributed by atoms with Gasteiger partial charge in [0.25, 0.3) is 11.8 Å². The molecule has 3 aliphatic heterocycles. The average Bonchev–Trinajstić information content (AvgIpc) is 3.28. The molecule has 0 N–H and O–H groups in total. The zero-order valence-electron chi connectivity index (χ0n) is 16.1. The SMILES string of the molecule is O=C(c1ccccc1)N1CCC2(CC1)OC1CCC(c3ccc(F)cc3)N1C2=O. The molecule has 6 heteroatoms. The molecule has 5 rings (SSSR count). The van der Waals surface area contributed by atoms with Gasteiger partial charge in [-0.15, -0.1) is 0 Å². The van der Waals surface area contributed by atoms with Gasteiger partial charge in [-0.05, 0) is 42.7 Å². The number of carbonyl (C=O) groups excluding carboxylic acids is 2. The quantitative estimate of drug-likeness (QED) is 0.783. The van der Waals surface area contributed by atoms with Gasteiger partial charge < -0.3 is 14.5 Å². The first kappa shape index (κ1) is 18.3. The van der Waals surface area contributed by atoms with Crippen LogP contribution >= 0.6 is 0 Å². The molecule has 5 nitrogen and oxygen atoms in total. The third-order valence-electron chi connectivity index (χ3n) is 6.45. The summed E-state index contributed by atoms with van der Waals surface area (Å²) in [5.74, 6) is -0.268. The monoisotopic (exact) mass is 394 g/mol. The second kappa shape index (κ2) is 6.95. The molecule has 2 amide bonds. The van der Waals surface area contributed by atoms with Crippen LogP contribution in [0.25, 0.3) is 0 Å². The molecule has 2 unspecified atom stereocenters. The maximum Gasteiger partial charge on any atom is 0.257 e.